The molecule has 0 aromatic carbocycles. The lowest BCUT2D eigenvalue weighted by Gasteiger charge is -2.36. The fourth-order valence-electron chi connectivity index (χ4n) is 4.15. The zero-order chi connectivity index (χ0) is 27.4. The van der Waals surface area contributed by atoms with Gasteiger partial charge in [0.05, 0.1) is 47.7 Å². The first-order chi connectivity index (χ1) is 18.0. The molecule has 38 heavy (non-hydrogen) atoms. The number of carbonyl (C=O) groups excluding carboxylic acids is 1. The Morgan fingerprint density at radius 2 is 1.95 bits per heavy atom. The summed E-state index contributed by atoms with van der Waals surface area (Å²) in [5, 5.41) is 36.9. The summed E-state index contributed by atoms with van der Waals surface area (Å²) >= 11 is 0. The highest BCUT2D eigenvalue weighted by molar-refractivity contribution is 5.69. The lowest BCUT2D eigenvalue weighted by Crippen LogP contribution is -2.52. The van der Waals surface area contributed by atoms with Crippen LogP contribution < -0.4 is 16.0 Å². The van der Waals surface area contributed by atoms with Crippen molar-refractivity contribution in [1.29, 1.82) is 5.26 Å². The van der Waals surface area contributed by atoms with Crippen molar-refractivity contribution in [3.05, 3.63) is 47.8 Å². The van der Waals surface area contributed by atoms with Gasteiger partial charge in [0, 0.05) is 6.04 Å². The number of pyridine rings is 2. The number of aryl methyl sites for hydroxylation is 1. The van der Waals surface area contributed by atoms with Crippen LogP contribution in [0.4, 0.5) is 26.5 Å². The number of halogens is 1. The highest BCUT2D eigenvalue weighted by atomic mass is 19.1. The summed E-state index contributed by atoms with van der Waals surface area (Å²) in [6.07, 6.45) is 4.58. The summed E-state index contributed by atoms with van der Waals surface area (Å²) in [4.78, 5) is 22.5. The van der Waals surface area contributed by atoms with E-state index in [2.05, 4.69) is 36.1 Å². The van der Waals surface area contributed by atoms with E-state index in [0.717, 1.165) is 6.07 Å². The van der Waals surface area contributed by atoms with E-state index in [1.807, 2.05) is 13.0 Å². The van der Waals surface area contributed by atoms with Crippen LogP contribution in [-0.2, 0) is 4.74 Å². The minimum absolute atomic E-state index is 0.00474. The molecule has 0 radical (unpaired) electrons. The molecule has 4 N–H and O–H groups in total. The lowest BCUT2D eigenvalue weighted by atomic mass is 9.88. The summed E-state index contributed by atoms with van der Waals surface area (Å²) in [5.41, 5.74) is 1.10. The monoisotopic (exact) mass is 523 g/mol. The normalized spacial score (nSPS) is 19.3. The molecule has 3 aromatic heterocycles. The van der Waals surface area contributed by atoms with Crippen LogP contribution >= 0.6 is 0 Å². The molecule has 0 aliphatic heterocycles. The van der Waals surface area contributed by atoms with Crippen molar-refractivity contribution in [3.8, 4) is 11.8 Å². The van der Waals surface area contributed by atoms with Crippen molar-refractivity contribution in [2.75, 3.05) is 10.6 Å². The number of rotatable bonds is 6. The summed E-state index contributed by atoms with van der Waals surface area (Å²) in [5.74, 6) is -0.704. The number of anilines is 3. The molecule has 0 spiro atoms. The van der Waals surface area contributed by atoms with Gasteiger partial charge in [-0.25, -0.2) is 14.2 Å². The average Bonchev–Trinajstić information content (AvgIpc) is 3.37. The van der Waals surface area contributed by atoms with Gasteiger partial charge in [-0.1, -0.05) is 0 Å². The number of alkyl carbamates (subject to hydrolysis) is 1. The molecule has 4 rings (SSSR count). The number of ether oxygens (including phenoxy) is 1. The van der Waals surface area contributed by atoms with E-state index in [-0.39, 0.29) is 23.6 Å². The fraction of sp³-hybridized carbons (Fsp3) is 0.440. The molecular weight excluding hydrogens is 493 g/mol. The van der Waals surface area contributed by atoms with E-state index in [1.54, 1.807) is 45.4 Å². The summed E-state index contributed by atoms with van der Waals surface area (Å²) < 4.78 is 20.4. The van der Waals surface area contributed by atoms with Crippen molar-refractivity contribution in [2.24, 2.45) is 0 Å². The van der Waals surface area contributed by atoms with Crippen LogP contribution in [-0.4, -0.2) is 60.0 Å². The van der Waals surface area contributed by atoms with Crippen molar-refractivity contribution in [2.45, 2.75) is 70.7 Å². The lowest BCUT2D eigenvalue weighted by molar-refractivity contribution is 0.0439. The van der Waals surface area contributed by atoms with Crippen LogP contribution in [0.1, 0.15) is 51.3 Å². The number of nitrogens with one attached hydrogen (secondary N) is 3. The molecule has 1 fully saturated rings. The van der Waals surface area contributed by atoms with Gasteiger partial charge in [-0.15, -0.1) is 4.80 Å². The molecule has 0 saturated heterocycles. The second-order valence-electron chi connectivity index (χ2n) is 10.1. The van der Waals surface area contributed by atoms with Crippen molar-refractivity contribution in [1.82, 2.24) is 30.3 Å². The summed E-state index contributed by atoms with van der Waals surface area (Å²) in [6, 6.07) is 3.81. The van der Waals surface area contributed by atoms with Gasteiger partial charge in [-0.05, 0) is 59.1 Å². The molecule has 200 valence electrons. The Kier molecular flexibility index (Phi) is 7.72. The zero-order valence-electron chi connectivity index (χ0n) is 21.6. The first kappa shape index (κ1) is 26.7. The summed E-state index contributed by atoms with van der Waals surface area (Å²) in [6.45, 7) is 7.06. The maximum absolute atomic E-state index is 15.0. The highest BCUT2D eigenvalue weighted by Gasteiger charge is 2.33. The molecule has 3 aromatic rings. The fourth-order valence-corrected chi connectivity index (χ4v) is 4.15. The van der Waals surface area contributed by atoms with E-state index < -0.39 is 35.7 Å². The molecule has 0 bridgehead atoms. The van der Waals surface area contributed by atoms with Crippen LogP contribution in [0.15, 0.2) is 30.7 Å². The van der Waals surface area contributed by atoms with Gasteiger partial charge >= 0.3 is 6.09 Å². The Hall–Kier alpha value is -4.31. The molecule has 3 atom stereocenters. The van der Waals surface area contributed by atoms with E-state index in [9.17, 15) is 15.2 Å². The number of carbonyl (C=O) groups is 1. The third-order valence-corrected chi connectivity index (χ3v) is 5.90. The van der Waals surface area contributed by atoms with E-state index in [0.29, 0.717) is 29.9 Å². The standard InChI is InChI=1S/C25H30FN9O3/c1-14-21(35-29-7-8-30-35)10-16(13-28-14)31-22-15(12-27)9-18(26)23(34-22)32-19-6-5-17(36)11-20(19)33-24(37)38-25(2,3)4/h7-10,13,17,19-20,36H,5-6,11H2,1-4H3,(H,33,37)(H2,31,32,34)/t17-,19-,20?/m1/s1. The molecule has 12 nitrogen and oxygen atoms in total. The van der Waals surface area contributed by atoms with Crippen molar-refractivity contribution < 1.29 is 19.0 Å². The molecular formula is C25H30FN9O3. The van der Waals surface area contributed by atoms with Crippen molar-refractivity contribution >= 4 is 23.4 Å². The van der Waals surface area contributed by atoms with E-state index >= 15 is 4.39 Å². The Labute approximate surface area is 219 Å². The van der Waals surface area contributed by atoms with E-state index in [4.69, 9.17) is 4.74 Å². The minimum Gasteiger partial charge on any atom is -0.444 e. The number of nitriles is 1. The Balaban J connectivity index is 1.58. The molecule has 1 saturated carbocycles. The smallest absolute Gasteiger partial charge is 0.407 e. The first-order valence-corrected chi connectivity index (χ1v) is 12.2. The van der Waals surface area contributed by atoms with Crippen LogP contribution in [0.5, 0.6) is 0 Å². The first-order valence-electron chi connectivity index (χ1n) is 12.2. The maximum atomic E-state index is 15.0. The summed E-state index contributed by atoms with van der Waals surface area (Å²) in [7, 11) is 0. The second-order valence-corrected chi connectivity index (χ2v) is 10.1. The molecule has 3 heterocycles. The van der Waals surface area contributed by atoms with Gasteiger partial charge in [0.2, 0.25) is 0 Å². The topological polar surface area (TPSA) is 163 Å². The predicted octanol–water partition coefficient (Wildman–Crippen LogP) is 3.34. The number of hydrogen-bond acceptors (Lipinski definition) is 10. The van der Waals surface area contributed by atoms with Crippen LogP contribution in [0.3, 0.4) is 0 Å². The van der Waals surface area contributed by atoms with Gasteiger partial charge in [0.15, 0.2) is 17.5 Å². The Morgan fingerprint density at radius 1 is 1.21 bits per heavy atom. The minimum atomic E-state index is -0.724. The Bertz CT molecular complexity index is 1340. The van der Waals surface area contributed by atoms with Crippen LogP contribution in [0, 0.1) is 24.1 Å². The largest absolute Gasteiger partial charge is 0.444 e. The maximum Gasteiger partial charge on any atom is 0.407 e. The molecule has 1 aliphatic carbocycles. The number of aliphatic hydroxyl groups excluding tert-OH is 1. The number of aliphatic hydroxyl groups is 1. The average molecular weight is 524 g/mol. The number of nitrogens with zero attached hydrogens (tertiary/aromatic N) is 6. The van der Waals surface area contributed by atoms with Gasteiger partial charge in [0.25, 0.3) is 0 Å². The SMILES string of the molecule is Cc1ncc(Nc2nc(N[C@@H]3CC[C@@H](O)CC3NC(=O)OC(C)(C)C)c(F)cc2C#N)cc1-n1nccn1. The van der Waals surface area contributed by atoms with Gasteiger partial charge in [-0.3, -0.25) is 4.98 Å². The third kappa shape index (κ3) is 6.51. The molecule has 1 aliphatic rings. The molecule has 1 amide bonds. The second kappa shape index (κ2) is 11.0. The quantitative estimate of drug-likeness (QED) is 0.377. The van der Waals surface area contributed by atoms with Crippen molar-refractivity contribution in [3.63, 3.8) is 0 Å². The number of aromatic nitrogens is 5. The molecule has 13 heteroatoms. The number of amides is 1. The van der Waals surface area contributed by atoms with Crippen LogP contribution in [0.2, 0.25) is 0 Å². The third-order valence-electron chi connectivity index (χ3n) is 5.90. The van der Waals surface area contributed by atoms with E-state index in [1.165, 1.54) is 4.80 Å². The van der Waals surface area contributed by atoms with Crippen LogP contribution in [0.25, 0.3) is 5.69 Å². The van der Waals surface area contributed by atoms with Gasteiger partial charge < -0.3 is 25.8 Å². The van der Waals surface area contributed by atoms with Gasteiger partial charge in [-0.2, -0.15) is 15.5 Å². The predicted molar refractivity (Wildman–Crippen MR) is 137 cm³/mol. The molecule has 1 unspecified atom stereocenters. The number of hydrogen-bond donors (Lipinski definition) is 4. The highest BCUT2D eigenvalue weighted by Crippen LogP contribution is 2.28. The van der Waals surface area contributed by atoms with Gasteiger partial charge in [0.1, 0.15) is 17.4 Å². The Morgan fingerprint density at radius 3 is 2.63 bits per heavy atom. The zero-order valence-corrected chi connectivity index (χ0v) is 21.6.